The van der Waals surface area contributed by atoms with E-state index in [4.69, 9.17) is 0 Å². The van der Waals surface area contributed by atoms with Crippen molar-refractivity contribution < 1.29 is 14.4 Å². The molecule has 0 saturated heterocycles. The minimum Gasteiger partial charge on any atom is -0.325 e. The molecule has 2 aliphatic rings. The summed E-state index contributed by atoms with van der Waals surface area (Å²) < 4.78 is 0. The molecule has 1 amide bonds. The number of aryl methyl sites for hydroxylation is 2. The van der Waals surface area contributed by atoms with E-state index in [2.05, 4.69) is 5.32 Å². The molecule has 2 atom stereocenters. The number of ketones is 2. The Morgan fingerprint density at radius 2 is 1.91 bits per heavy atom. The van der Waals surface area contributed by atoms with E-state index in [-0.39, 0.29) is 17.6 Å². The second-order valence-corrected chi connectivity index (χ2v) is 7.18. The van der Waals surface area contributed by atoms with Crippen LogP contribution in [0.25, 0.3) is 0 Å². The fourth-order valence-electron chi connectivity index (χ4n) is 4.27. The van der Waals surface area contributed by atoms with Crippen molar-refractivity contribution in [3.63, 3.8) is 0 Å². The van der Waals surface area contributed by atoms with E-state index in [1.54, 1.807) is 0 Å². The summed E-state index contributed by atoms with van der Waals surface area (Å²) >= 11 is 0. The van der Waals surface area contributed by atoms with Crippen LogP contribution in [0.5, 0.6) is 0 Å². The Kier molecular flexibility index (Phi) is 3.06. The third kappa shape index (κ3) is 1.67. The first-order valence-corrected chi connectivity index (χ1v) is 7.69. The minimum atomic E-state index is -1.20. The summed E-state index contributed by atoms with van der Waals surface area (Å²) in [5.74, 6) is -1.52. The van der Waals surface area contributed by atoms with E-state index in [1.165, 1.54) is 0 Å². The van der Waals surface area contributed by atoms with Crippen molar-refractivity contribution in [3.8, 4) is 0 Å². The lowest BCUT2D eigenvalue weighted by atomic mass is 9.68. The van der Waals surface area contributed by atoms with Crippen LogP contribution in [0.1, 0.15) is 37.8 Å². The van der Waals surface area contributed by atoms with Crippen molar-refractivity contribution >= 4 is 23.2 Å². The standard InChI is InChI=1S/C18H21NO3/c1-10-5-6-13(11(2)9-10)19-16(22)18-8-7-12(17(18,3)4)14(20)15(18)21/h5-6,9,12H,7-8H2,1-4H3,(H,19,22)/t12-,18-/m0/s1. The molecule has 4 heteroatoms. The van der Waals surface area contributed by atoms with E-state index < -0.39 is 16.6 Å². The number of nitrogens with one attached hydrogen (secondary N) is 1. The van der Waals surface area contributed by atoms with Crippen LogP contribution in [-0.2, 0) is 14.4 Å². The lowest BCUT2D eigenvalue weighted by Gasteiger charge is -2.34. The first-order chi connectivity index (χ1) is 10.2. The van der Waals surface area contributed by atoms with Gasteiger partial charge in [0.1, 0.15) is 5.41 Å². The van der Waals surface area contributed by atoms with Gasteiger partial charge in [0.2, 0.25) is 17.5 Å². The molecule has 4 nitrogen and oxygen atoms in total. The molecule has 0 radical (unpaired) electrons. The van der Waals surface area contributed by atoms with E-state index in [0.717, 1.165) is 11.1 Å². The Labute approximate surface area is 130 Å². The van der Waals surface area contributed by atoms with Crippen molar-refractivity contribution in [2.75, 3.05) is 5.32 Å². The number of hydrogen-bond acceptors (Lipinski definition) is 3. The van der Waals surface area contributed by atoms with Gasteiger partial charge in [-0.15, -0.1) is 0 Å². The van der Waals surface area contributed by atoms with E-state index in [9.17, 15) is 14.4 Å². The molecule has 0 aromatic heterocycles. The average Bonchev–Trinajstić information content (AvgIpc) is 2.78. The Balaban J connectivity index is 1.98. The number of fused-ring (bicyclic) bond motifs is 2. The molecule has 0 spiro atoms. The summed E-state index contributed by atoms with van der Waals surface area (Å²) in [7, 11) is 0. The molecule has 22 heavy (non-hydrogen) atoms. The van der Waals surface area contributed by atoms with Crippen molar-refractivity contribution in [3.05, 3.63) is 29.3 Å². The second-order valence-electron chi connectivity index (χ2n) is 7.18. The quantitative estimate of drug-likeness (QED) is 0.674. The van der Waals surface area contributed by atoms with Gasteiger partial charge in [-0.25, -0.2) is 0 Å². The van der Waals surface area contributed by atoms with Crippen LogP contribution in [0, 0.1) is 30.6 Å². The van der Waals surface area contributed by atoms with Gasteiger partial charge in [-0.3, -0.25) is 14.4 Å². The Morgan fingerprint density at radius 3 is 2.45 bits per heavy atom. The predicted molar refractivity (Wildman–Crippen MR) is 83.5 cm³/mol. The molecule has 0 unspecified atom stereocenters. The van der Waals surface area contributed by atoms with Crippen LogP contribution in [-0.4, -0.2) is 17.5 Å². The van der Waals surface area contributed by atoms with Crippen molar-refractivity contribution in [1.82, 2.24) is 0 Å². The Hall–Kier alpha value is -1.97. The van der Waals surface area contributed by atoms with Gasteiger partial charge in [-0.05, 0) is 43.7 Å². The van der Waals surface area contributed by atoms with Crippen molar-refractivity contribution in [2.45, 2.75) is 40.5 Å². The fraction of sp³-hybridized carbons (Fsp3) is 0.500. The largest absolute Gasteiger partial charge is 0.325 e. The van der Waals surface area contributed by atoms with E-state index >= 15 is 0 Å². The van der Waals surface area contributed by atoms with Gasteiger partial charge < -0.3 is 5.32 Å². The number of benzene rings is 1. The summed E-state index contributed by atoms with van der Waals surface area (Å²) in [5, 5.41) is 2.89. The van der Waals surface area contributed by atoms with Gasteiger partial charge >= 0.3 is 0 Å². The van der Waals surface area contributed by atoms with Crippen LogP contribution < -0.4 is 5.32 Å². The molecular weight excluding hydrogens is 278 g/mol. The normalized spacial score (nSPS) is 29.0. The first-order valence-electron chi connectivity index (χ1n) is 7.69. The molecule has 2 fully saturated rings. The second kappa shape index (κ2) is 4.51. The maximum Gasteiger partial charge on any atom is 0.239 e. The Bertz CT molecular complexity index is 704. The molecule has 1 N–H and O–H groups in total. The molecule has 0 heterocycles. The van der Waals surface area contributed by atoms with Crippen molar-refractivity contribution in [2.24, 2.45) is 16.7 Å². The zero-order valence-electron chi connectivity index (χ0n) is 13.4. The number of rotatable bonds is 2. The number of Topliss-reactive ketones (excluding diaryl/α,β-unsaturated/α-hetero) is 2. The van der Waals surface area contributed by atoms with Gasteiger partial charge in [-0.1, -0.05) is 31.5 Å². The molecule has 2 bridgehead atoms. The van der Waals surface area contributed by atoms with Gasteiger partial charge in [0.05, 0.1) is 0 Å². The molecule has 116 valence electrons. The third-order valence-corrected chi connectivity index (χ3v) is 5.72. The highest BCUT2D eigenvalue weighted by atomic mass is 16.2. The monoisotopic (exact) mass is 299 g/mol. The van der Waals surface area contributed by atoms with Gasteiger partial charge in [0.25, 0.3) is 0 Å². The third-order valence-electron chi connectivity index (χ3n) is 5.72. The summed E-state index contributed by atoms with van der Waals surface area (Å²) in [5.41, 5.74) is 0.961. The highest BCUT2D eigenvalue weighted by molar-refractivity contribution is 6.48. The zero-order valence-corrected chi connectivity index (χ0v) is 13.4. The highest BCUT2D eigenvalue weighted by Crippen LogP contribution is 2.62. The number of carbonyl (C=O) groups excluding carboxylic acids is 3. The van der Waals surface area contributed by atoms with Crippen LogP contribution in [0.3, 0.4) is 0 Å². The number of amides is 1. The van der Waals surface area contributed by atoms with Gasteiger partial charge in [-0.2, -0.15) is 0 Å². The number of anilines is 1. The molecule has 0 aliphatic heterocycles. The SMILES string of the molecule is Cc1ccc(NC(=O)[C@]23CC[C@@H](C(=O)C2=O)C3(C)C)c(C)c1. The predicted octanol–water partition coefficient (Wildman–Crippen LogP) is 2.82. The molecule has 2 saturated carbocycles. The average molecular weight is 299 g/mol. The number of hydrogen-bond donors (Lipinski definition) is 1. The highest BCUT2D eigenvalue weighted by Gasteiger charge is 2.72. The maximum atomic E-state index is 12.9. The van der Waals surface area contributed by atoms with Crippen LogP contribution in [0.2, 0.25) is 0 Å². The Morgan fingerprint density at radius 1 is 1.23 bits per heavy atom. The summed E-state index contributed by atoms with van der Waals surface area (Å²) in [6.07, 6.45) is 1.09. The van der Waals surface area contributed by atoms with Gasteiger partial charge in [0, 0.05) is 11.6 Å². The van der Waals surface area contributed by atoms with E-state index in [0.29, 0.717) is 18.5 Å². The van der Waals surface area contributed by atoms with Gasteiger partial charge in [0.15, 0.2) is 0 Å². The zero-order chi connectivity index (χ0) is 16.3. The maximum absolute atomic E-state index is 12.9. The van der Waals surface area contributed by atoms with E-state index in [1.807, 2.05) is 45.9 Å². The topological polar surface area (TPSA) is 63.2 Å². The van der Waals surface area contributed by atoms with Crippen LogP contribution in [0.4, 0.5) is 5.69 Å². The molecular formula is C18H21NO3. The molecule has 2 aliphatic carbocycles. The minimum absolute atomic E-state index is 0.315. The molecule has 1 aromatic carbocycles. The summed E-state index contributed by atoms with van der Waals surface area (Å²) in [6, 6.07) is 5.75. The summed E-state index contributed by atoms with van der Waals surface area (Å²) in [4.78, 5) is 37.5. The first kappa shape index (κ1) is 14.9. The lowest BCUT2D eigenvalue weighted by Crippen LogP contribution is -2.47. The van der Waals surface area contributed by atoms with Crippen LogP contribution in [0.15, 0.2) is 18.2 Å². The molecule has 1 aromatic rings. The molecule has 3 rings (SSSR count). The summed E-state index contributed by atoms with van der Waals surface area (Å²) in [6.45, 7) is 7.65. The smallest absolute Gasteiger partial charge is 0.239 e. The fourth-order valence-corrected chi connectivity index (χ4v) is 4.27. The lowest BCUT2D eigenvalue weighted by molar-refractivity contribution is -0.147. The van der Waals surface area contributed by atoms with Crippen molar-refractivity contribution in [1.29, 1.82) is 0 Å². The van der Waals surface area contributed by atoms with Crippen LogP contribution >= 0.6 is 0 Å². The number of carbonyl (C=O) groups is 3.